The van der Waals surface area contributed by atoms with Crippen molar-refractivity contribution < 1.29 is 13.9 Å². The fourth-order valence-corrected chi connectivity index (χ4v) is 5.28. The Balaban J connectivity index is 1.45. The summed E-state index contributed by atoms with van der Waals surface area (Å²) in [6, 6.07) is 14.9. The van der Waals surface area contributed by atoms with E-state index in [0.717, 1.165) is 80.3 Å². The van der Waals surface area contributed by atoms with Crippen molar-refractivity contribution >= 4 is 28.7 Å². The molecule has 0 saturated carbocycles. The molecule has 2 N–H and O–H groups in total. The first-order chi connectivity index (χ1) is 18.1. The second-order valence-corrected chi connectivity index (χ2v) is 9.83. The highest BCUT2D eigenvalue weighted by Crippen LogP contribution is 2.25. The molecule has 0 unspecified atom stereocenters. The van der Waals surface area contributed by atoms with Gasteiger partial charge in [-0.3, -0.25) is 0 Å². The summed E-state index contributed by atoms with van der Waals surface area (Å²) in [7, 11) is 0. The van der Waals surface area contributed by atoms with Crippen molar-refractivity contribution in [2.24, 2.45) is 4.99 Å². The average Bonchev–Trinajstić information content (AvgIpc) is 3.32. The number of hydrogen-bond acceptors (Lipinski definition) is 5. The molecule has 198 valence electrons. The number of hydrogen-bond donors (Lipinski definition) is 2. The first kappa shape index (κ1) is 26.9. The molecule has 2 heterocycles. The van der Waals surface area contributed by atoms with Crippen LogP contribution in [0.3, 0.4) is 0 Å². The zero-order chi connectivity index (χ0) is 25.9. The lowest BCUT2D eigenvalue weighted by Gasteiger charge is -2.28. The SMILES string of the molecule is CCNC(=O)NCCCCCCn1c(-c2ccc(N3CCOCC3)cc2)csc1=Nc1ccc(F)cc1. The highest BCUT2D eigenvalue weighted by Gasteiger charge is 2.13. The van der Waals surface area contributed by atoms with Crippen LogP contribution in [0.5, 0.6) is 0 Å². The molecule has 1 aliphatic heterocycles. The lowest BCUT2D eigenvalue weighted by Crippen LogP contribution is -2.36. The topological polar surface area (TPSA) is 70.9 Å². The van der Waals surface area contributed by atoms with E-state index in [1.807, 2.05) is 6.92 Å². The standard InChI is InChI=1S/C28H36FN5O2S/c1-2-30-27(35)31-15-5-3-4-6-16-34-26(21-37-28(34)32-24-11-9-23(29)10-12-24)22-7-13-25(14-8-22)33-17-19-36-20-18-33/h7-14,21H,2-6,15-20H2,1H3,(H2,30,31,35). The fourth-order valence-electron chi connectivity index (χ4n) is 4.33. The van der Waals surface area contributed by atoms with E-state index < -0.39 is 0 Å². The number of thiazole rings is 1. The number of aromatic nitrogens is 1. The van der Waals surface area contributed by atoms with E-state index in [9.17, 15) is 9.18 Å². The molecule has 0 spiro atoms. The number of urea groups is 1. The molecule has 2 aromatic carbocycles. The second kappa shape index (κ2) is 13.9. The summed E-state index contributed by atoms with van der Waals surface area (Å²) in [6.45, 7) is 7.43. The third kappa shape index (κ3) is 7.90. The highest BCUT2D eigenvalue weighted by molar-refractivity contribution is 7.07. The molecule has 37 heavy (non-hydrogen) atoms. The number of anilines is 1. The van der Waals surface area contributed by atoms with Gasteiger partial charge in [-0.15, -0.1) is 11.3 Å². The van der Waals surface area contributed by atoms with Crippen molar-refractivity contribution in [2.45, 2.75) is 39.2 Å². The Hall–Kier alpha value is -3.17. The highest BCUT2D eigenvalue weighted by atomic mass is 32.1. The fraction of sp³-hybridized carbons (Fsp3) is 0.429. The third-order valence-electron chi connectivity index (χ3n) is 6.32. The van der Waals surface area contributed by atoms with Crippen LogP contribution in [0.15, 0.2) is 58.9 Å². The molecular weight excluding hydrogens is 489 g/mol. The number of carbonyl (C=O) groups is 1. The first-order valence-electron chi connectivity index (χ1n) is 13.1. The zero-order valence-electron chi connectivity index (χ0n) is 21.4. The summed E-state index contributed by atoms with van der Waals surface area (Å²) < 4.78 is 21.1. The minimum Gasteiger partial charge on any atom is -0.378 e. The van der Waals surface area contributed by atoms with Gasteiger partial charge in [0.05, 0.1) is 24.6 Å². The molecule has 0 atom stereocenters. The smallest absolute Gasteiger partial charge is 0.314 e. The third-order valence-corrected chi connectivity index (χ3v) is 7.18. The predicted molar refractivity (Wildman–Crippen MR) is 148 cm³/mol. The number of rotatable bonds is 11. The summed E-state index contributed by atoms with van der Waals surface area (Å²) in [5.41, 5.74) is 4.24. The van der Waals surface area contributed by atoms with Crippen molar-refractivity contribution in [3.05, 3.63) is 64.5 Å². The Morgan fingerprint density at radius 3 is 2.46 bits per heavy atom. The van der Waals surface area contributed by atoms with Gasteiger partial charge in [0.25, 0.3) is 0 Å². The summed E-state index contributed by atoms with van der Waals surface area (Å²) in [6.07, 6.45) is 4.07. The van der Waals surface area contributed by atoms with Crippen molar-refractivity contribution in [2.75, 3.05) is 44.3 Å². The molecule has 0 bridgehead atoms. The average molecular weight is 526 g/mol. The van der Waals surface area contributed by atoms with E-state index in [4.69, 9.17) is 9.73 Å². The Morgan fingerprint density at radius 1 is 1.00 bits per heavy atom. The van der Waals surface area contributed by atoms with Crippen molar-refractivity contribution in [1.29, 1.82) is 0 Å². The van der Waals surface area contributed by atoms with Gasteiger partial charge in [-0.25, -0.2) is 14.2 Å². The number of amides is 2. The van der Waals surface area contributed by atoms with E-state index in [1.165, 1.54) is 17.8 Å². The van der Waals surface area contributed by atoms with Crippen LogP contribution in [0.1, 0.15) is 32.6 Å². The van der Waals surface area contributed by atoms with E-state index in [-0.39, 0.29) is 11.8 Å². The predicted octanol–water partition coefficient (Wildman–Crippen LogP) is 5.30. The van der Waals surface area contributed by atoms with E-state index in [1.54, 1.807) is 23.5 Å². The number of benzene rings is 2. The Bertz CT molecular complexity index is 1180. The number of carbonyl (C=O) groups excluding carboxylic acids is 1. The van der Waals surface area contributed by atoms with Crippen molar-refractivity contribution in [3.8, 4) is 11.3 Å². The maximum absolute atomic E-state index is 13.4. The summed E-state index contributed by atoms with van der Waals surface area (Å²) >= 11 is 1.60. The molecule has 1 saturated heterocycles. The molecule has 1 fully saturated rings. The Labute approximate surface area is 222 Å². The van der Waals surface area contributed by atoms with Gasteiger partial charge >= 0.3 is 6.03 Å². The normalized spacial score (nSPS) is 14.1. The van der Waals surface area contributed by atoms with Crippen molar-refractivity contribution in [1.82, 2.24) is 15.2 Å². The second-order valence-electron chi connectivity index (χ2n) is 8.99. The molecule has 9 heteroatoms. The number of nitrogens with one attached hydrogen (secondary N) is 2. The lowest BCUT2D eigenvalue weighted by molar-refractivity contribution is 0.122. The molecule has 4 rings (SSSR count). The molecule has 0 radical (unpaired) electrons. The lowest BCUT2D eigenvalue weighted by atomic mass is 10.1. The van der Waals surface area contributed by atoms with Gasteiger partial charge in [-0.2, -0.15) is 0 Å². The van der Waals surface area contributed by atoms with Gasteiger partial charge in [-0.05, 0) is 61.7 Å². The van der Waals surface area contributed by atoms with Crippen LogP contribution in [0.4, 0.5) is 20.6 Å². The van der Waals surface area contributed by atoms with E-state index in [2.05, 4.69) is 49.7 Å². The number of morpholine rings is 1. The van der Waals surface area contributed by atoms with Gasteiger partial charge in [-0.1, -0.05) is 25.0 Å². The van der Waals surface area contributed by atoms with E-state index >= 15 is 0 Å². The first-order valence-corrected chi connectivity index (χ1v) is 14.0. The van der Waals surface area contributed by atoms with Crippen LogP contribution in [0, 0.1) is 5.82 Å². The molecule has 3 aromatic rings. The Morgan fingerprint density at radius 2 is 1.73 bits per heavy atom. The van der Waals surface area contributed by atoms with Gasteiger partial charge in [0.1, 0.15) is 5.82 Å². The summed E-state index contributed by atoms with van der Waals surface area (Å²) in [5.74, 6) is -0.263. The van der Waals surface area contributed by atoms with Gasteiger partial charge in [0.15, 0.2) is 4.80 Å². The summed E-state index contributed by atoms with van der Waals surface area (Å²) in [4.78, 5) is 19.6. The molecule has 1 aromatic heterocycles. The Kier molecular flexibility index (Phi) is 10.1. The van der Waals surface area contributed by atoms with E-state index in [0.29, 0.717) is 13.1 Å². The van der Waals surface area contributed by atoms with Crippen LogP contribution < -0.4 is 20.3 Å². The van der Waals surface area contributed by atoms with Crippen molar-refractivity contribution in [3.63, 3.8) is 0 Å². The number of nitrogens with zero attached hydrogens (tertiary/aromatic N) is 3. The monoisotopic (exact) mass is 525 g/mol. The minimum atomic E-state index is -0.263. The van der Waals surface area contributed by atoms with Crippen LogP contribution in [0.2, 0.25) is 0 Å². The van der Waals surface area contributed by atoms with Gasteiger partial charge in [0, 0.05) is 43.8 Å². The maximum Gasteiger partial charge on any atom is 0.314 e. The van der Waals surface area contributed by atoms with Crippen LogP contribution in [-0.2, 0) is 11.3 Å². The number of unbranched alkanes of at least 4 members (excludes halogenated alkanes) is 3. The molecule has 1 aliphatic rings. The molecule has 0 aliphatic carbocycles. The quantitative estimate of drug-likeness (QED) is 0.334. The zero-order valence-corrected chi connectivity index (χ0v) is 22.2. The summed E-state index contributed by atoms with van der Waals surface area (Å²) in [5, 5.41) is 7.78. The van der Waals surface area contributed by atoms with Crippen LogP contribution in [0.25, 0.3) is 11.3 Å². The largest absolute Gasteiger partial charge is 0.378 e. The molecular formula is C28H36FN5O2S. The number of ether oxygens (including phenoxy) is 1. The van der Waals surface area contributed by atoms with Crippen LogP contribution in [-0.4, -0.2) is 50.0 Å². The minimum absolute atomic E-state index is 0.104. The molecule has 7 nitrogen and oxygen atoms in total. The van der Waals surface area contributed by atoms with Gasteiger partial charge in [0.2, 0.25) is 0 Å². The van der Waals surface area contributed by atoms with Gasteiger partial charge < -0.3 is 24.8 Å². The molecule has 2 amide bonds. The maximum atomic E-state index is 13.4. The van der Waals surface area contributed by atoms with Crippen LogP contribution >= 0.6 is 11.3 Å². The number of halogens is 1.